The zero-order valence-corrected chi connectivity index (χ0v) is 18.5. The first-order chi connectivity index (χ1) is 14.1. The van der Waals surface area contributed by atoms with Crippen LogP contribution < -0.4 is 10.2 Å². The maximum absolute atomic E-state index is 12.0. The Labute approximate surface area is 179 Å². The van der Waals surface area contributed by atoms with E-state index < -0.39 is 0 Å². The molecule has 2 aromatic rings. The van der Waals surface area contributed by atoms with Gasteiger partial charge in [0.05, 0.1) is 5.75 Å². The molecule has 1 N–H and O–H groups in total. The monoisotopic (exact) mass is 411 g/mol. The summed E-state index contributed by atoms with van der Waals surface area (Å²) < 4.78 is 0. The van der Waals surface area contributed by atoms with Gasteiger partial charge in [-0.25, -0.2) is 0 Å². The molecule has 0 spiro atoms. The van der Waals surface area contributed by atoms with Crippen LogP contribution in [0.5, 0.6) is 0 Å². The van der Waals surface area contributed by atoms with E-state index in [9.17, 15) is 4.79 Å². The van der Waals surface area contributed by atoms with E-state index in [-0.39, 0.29) is 5.91 Å². The fraction of sp³-hybridized carbons (Fsp3) is 0.458. The molecule has 0 unspecified atom stereocenters. The van der Waals surface area contributed by atoms with Crippen molar-refractivity contribution in [3.8, 4) is 0 Å². The van der Waals surface area contributed by atoms with E-state index in [0.717, 1.165) is 52.1 Å². The van der Waals surface area contributed by atoms with Gasteiger partial charge < -0.3 is 10.2 Å². The zero-order valence-electron chi connectivity index (χ0n) is 17.7. The molecule has 0 aliphatic carbocycles. The van der Waals surface area contributed by atoms with E-state index >= 15 is 0 Å². The third kappa shape index (κ3) is 7.09. The molecule has 1 aliphatic heterocycles. The lowest BCUT2D eigenvalue weighted by Gasteiger charge is -2.36. The quantitative estimate of drug-likeness (QED) is 0.497. The molecule has 0 saturated carbocycles. The number of rotatable bonds is 9. The molecule has 156 valence electrons. The number of hydrogen-bond acceptors (Lipinski definition) is 4. The Morgan fingerprint density at radius 2 is 1.79 bits per heavy atom. The normalized spacial score (nSPS) is 14.8. The van der Waals surface area contributed by atoms with Crippen molar-refractivity contribution in [2.45, 2.75) is 31.6 Å². The highest BCUT2D eigenvalue weighted by atomic mass is 32.2. The fourth-order valence-corrected chi connectivity index (χ4v) is 4.51. The first-order valence-corrected chi connectivity index (χ1v) is 11.6. The van der Waals surface area contributed by atoms with Crippen molar-refractivity contribution in [3.05, 3.63) is 59.7 Å². The van der Waals surface area contributed by atoms with Crippen LogP contribution in [-0.4, -0.2) is 55.8 Å². The minimum absolute atomic E-state index is 0.130. The van der Waals surface area contributed by atoms with E-state index in [4.69, 9.17) is 0 Å². The summed E-state index contributed by atoms with van der Waals surface area (Å²) in [4.78, 5) is 18.3. The van der Waals surface area contributed by atoms with Gasteiger partial charge in [-0.3, -0.25) is 9.69 Å². The maximum atomic E-state index is 12.0. The molecule has 1 aliphatic rings. The standard InChI is InChI=1S/C24H33N3OS/c1-20-8-7-10-22(18-20)27-16-14-26(15-17-27)13-6-5-12-25-24(28)19-29-23-11-4-3-9-21(23)2/h3-4,7-11,18H,5-6,12-17,19H2,1-2H3,(H,25,28). The van der Waals surface area contributed by atoms with Gasteiger partial charge in [0.15, 0.2) is 0 Å². The molecule has 0 aromatic heterocycles. The van der Waals surface area contributed by atoms with Crippen LogP contribution in [0.2, 0.25) is 0 Å². The maximum Gasteiger partial charge on any atom is 0.230 e. The number of nitrogens with zero attached hydrogens (tertiary/aromatic N) is 2. The summed E-state index contributed by atoms with van der Waals surface area (Å²) in [5, 5.41) is 3.06. The smallest absolute Gasteiger partial charge is 0.230 e. The summed E-state index contributed by atoms with van der Waals surface area (Å²) in [7, 11) is 0. The molecule has 1 heterocycles. The zero-order chi connectivity index (χ0) is 20.5. The number of carbonyl (C=O) groups excluding carboxylic acids is 1. The number of piperazine rings is 1. The Morgan fingerprint density at radius 3 is 2.55 bits per heavy atom. The van der Waals surface area contributed by atoms with Gasteiger partial charge >= 0.3 is 0 Å². The summed E-state index contributed by atoms with van der Waals surface area (Å²) in [5.41, 5.74) is 3.90. The van der Waals surface area contributed by atoms with E-state index in [1.165, 1.54) is 21.7 Å². The second kappa shape index (κ2) is 11.3. The van der Waals surface area contributed by atoms with Crippen molar-refractivity contribution in [1.82, 2.24) is 10.2 Å². The Bertz CT molecular complexity index is 787. The van der Waals surface area contributed by atoms with Gasteiger partial charge in [-0.05, 0) is 62.6 Å². The van der Waals surface area contributed by atoms with Gasteiger partial charge in [-0.15, -0.1) is 11.8 Å². The van der Waals surface area contributed by atoms with Crippen LogP contribution in [0.1, 0.15) is 24.0 Å². The highest BCUT2D eigenvalue weighted by Crippen LogP contribution is 2.21. The minimum Gasteiger partial charge on any atom is -0.369 e. The molecule has 2 aromatic carbocycles. The van der Waals surface area contributed by atoms with Crippen LogP contribution in [-0.2, 0) is 4.79 Å². The van der Waals surface area contributed by atoms with E-state index in [1.54, 1.807) is 11.8 Å². The topological polar surface area (TPSA) is 35.6 Å². The number of thioether (sulfide) groups is 1. The number of aryl methyl sites for hydroxylation is 2. The Kier molecular flexibility index (Phi) is 8.44. The van der Waals surface area contributed by atoms with Crippen molar-refractivity contribution >= 4 is 23.4 Å². The molecule has 0 bridgehead atoms. The van der Waals surface area contributed by atoms with E-state index in [2.05, 4.69) is 65.4 Å². The molecule has 29 heavy (non-hydrogen) atoms. The van der Waals surface area contributed by atoms with Crippen molar-refractivity contribution in [2.24, 2.45) is 0 Å². The molecule has 0 radical (unpaired) electrons. The highest BCUT2D eigenvalue weighted by Gasteiger charge is 2.16. The van der Waals surface area contributed by atoms with Crippen LogP contribution in [0.15, 0.2) is 53.4 Å². The third-order valence-electron chi connectivity index (χ3n) is 5.41. The van der Waals surface area contributed by atoms with Crippen LogP contribution >= 0.6 is 11.8 Å². The summed E-state index contributed by atoms with van der Waals surface area (Å²) >= 11 is 1.62. The lowest BCUT2D eigenvalue weighted by atomic mass is 10.2. The summed E-state index contributed by atoms with van der Waals surface area (Å²) in [6.45, 7) is 10.6. The molecule has 4 nitrogen and oxygen atoms in total. The van der Waals surface area contributed by atoms with Crippen molar-refractivity contribution in [1.29, 1.82) is 0 Å². The van der Waals surface area contributed by atoms with Crippen LogP contribution in [0.4, 0.5) is 5.69 Å². The summed E-state index contributed by atoms with van der Waals surface area (Å²) in [5.74, 6) is 0.621. The summed E-state index contributed by atoms with van der Waals surface area (Å²) in [6.07, 6.45) is 2.18. The number of benzene rings is 2. The number of unbranched alkanes of at least 4 members (excludes halogenated alkanes) is 1. The minimum atomic E-state index is 0.130. The molecule has 1 fully saturated rings. The second-order valence-corrected chi connectivity index (χ2v) is 8.80. The van der Waals surface area contributed by atoms with Crippen LogP contribution in [0, 0.1) is 13.8 Å². The second-order valence-electron chi connectivity index (χ2n) is 7.78. The molecule has 1 saturated heterocycles. The predicted octanol–water partition coefficient (Wildman–Crippen LogP) is 4.11. The van der Waals surface area contributed by atoms with Gasteiger partial charge in [0.2, 0.25) is 5.91 Å². The summed E-state index contributed by atoms with van der Waals surface area (Å²) in [6, 6.07) is 17.0. The molecular formula is C24H33N3OS. The molecular weight excluding hydrogens is 378 g/mol. The predicted molar refractivity (Wildman–Crippen MR) is 124 cm³/mol. The Morgan fingerprint density at radius 1 is 1.00 bits per heavy atom. The SMILES string of the molecule is Cc1cccc(N2CCN(CCCCNC(=O)CSc3ccccc3C)CC2)c1. The van der Waals surface area contributed by atoms with Gasteiger partial charge in [-0.1, -0.05) is 30.3 Å². The van der Waals surface area contributed by atoms with E-state index in [1.807, 2.05) is 12.1 Å². The van der Waals surface area contributed by atoms with Crippen molar-refractivity contribution in [3.63, 3.8) is 0 Å². The number of nitrogens with one attached hydrogen (secondary N) is 1. The lowest BCUT2D eigenvalue weighted by Crippen LogP contribution is -2.46. The fourth-order valence-electron chi connectivity index (χ4n) is 3.66. The number of hydrogen-bond donors (Lipinski definition) is 1. The number of amides is 1. The Balaban J connectivity index is 1.25. The molecule has 3 rings (SSSR count). The van der Waals surface area contributed by atoms with Crippen molar-refractivity contribution in [2.75, 3.05) is 49.9 Å². The van der Waals surface area contributed by atoms with E-state index in [0.29, 0.717) is 5.75 Å². The van der Waals surface area contributed by atoms with Crippen LogP contribution in [0.25, 0.3) is 0 Å². The number of anilines is 1. The first-order valence-electron chi connectivity index (χ1n) is 10.6. The highest BCUT2D eigenvalue weighted by molar-refractivity contribution is 8.00. The van der Waals surface area contributed by atoms with Gasteiger partial charge in [0, 0.05) is 43.3 Å². The molecule has 0 atom stereocenters. The van der Waals surface area contributed by atoms with Gasteiger partial charge in [-0.2, -0.15) is 0 Å². The first kappa shape index (κ1) is 21.7. The average Bonchev–Trinajstić information content (AvgIpc) is 2.73. The molecule has 1 amide bonds. The largest absolute Gasteiger partial charge is 0.369 e. The molecule has 5 heteroatoms. The van der Waals surface area contributed by atoms with Gasteiger partial charge in [0.25, 0.3) is 0 Å². The third-order valence-corrected chi connectivity index (χ3v) is 6.59. The van der Waals surface area contributed by atoms with Gasteiger partial charge in [0.1, 0.15) is 0 Å². The van der Waals surface area contributed by atoms with Crippen LogP contribution in [0.3, 0.4) is 0 Å². The van der Waals surface area contributed by atoms with Crippen molar-refractivity contribution < 1.29 is 4.79 Å². The lowest BCUT2D eigenvalue weighted by molar-refractivity contribution is -0.118. The average molecular weight is 412 g/mol. The Hall–Kier alpha value is -1.98. The number of carbonyl (C=O) groups is 1.